The number of hydrogen-bond acceptors (Lipinski definition) is 23. The van der Waals surface area contributed by atoms with Crippen LogP contribution in [-0.2, 0) is 11.2 Å². The summed E-state index contributed by atoms with van der Waals surface area (Å²) in [5.74, 6) is -0.824. The number of aliphatic hydroxyl groups is 20. The molecule has 0 aliphatic heterocycles. The van der Waals surface area contributed by atoms with Crippen molar-refractivity contribution in [1.82, 2.24) is 0 Å². The van der Waals surface area contributed by atoms with Crippen molar-refractivity contribution in [2.75, 3.05) is 66.1 Å². The number of aliphatic carboxylic acids is 1. The topological polar surface area (TPSA) is 442 Å². The molecule has 0 amide bonds. The van der Waals surface area contributed by atoms with Crippen LogP contribution in [-0.4, -0.2) is 250 Å². The number of hydrogen-bond donors (Lipinski definition) is 21. The SMILES string of the molecule is CC(SC(=S)Cc1ccccc1)C(=O)O.OC[C@@H](O)[C@@H](O)CO.OC[C@@H](O)[C@@H](O)CO.OC[C@@H](O)[C@@H](O)CO.OC[C@@H](O)[C@@H](O)CO.OC[C@@H](O)[C@@H](O)CO. The molecule has 0 aliphatic rings. The van der Waals surface area contributed by atoms with Gasteiger partial charge >= 0.3 is 5.97 Å². The van der Waals surface area contributed by atoms with Crippen LogP contribution in [0.2, 0.25) is 0 Å². The van der Waals surface area contributed by atoms with E-state index >= 15 is 0 Å². The molecule has 11 atom stereocenters. The summed E-state index contributed by atoms with van der Waals surface area (Å²) in [7, 11) is 0. The zero-order valence-electron chi connectivity index (χ0n) is 30.1. The predicted octanol–water partition coefficient (Wildman–Crippen LogP) is -8.77. The molecular formula is C31H62O22S2. The summed E-state index contributed by atoms with van der Waals surface area (Å²) in [6.45, 7) is -3.62. The normalized spacial score (nSPS) is 16.4. The highest BCUT2D eigenvalue weighted by Crippen LogP contribution is 2.16. The van der Waals surface area contributed by atoms with Gasteiger partial charge in [0.25, 0.3) is 0 Å². The van der Waals surface area contributed by atoms with Gasteiger partial charge in [-0.1, -0.05) is 42.5 Å². The fraction of sp³-hybridized carbons (Fsp3) is 0.742. The van der Waals surface area contributed by atoms with E-state index in [2.05, 4.69) is 0 Å². The highest BCUT2D eigenvalue weighted by molar-refractivity contribution is 8.23. The molecule has 0 spiro atoms. The summed E-state index contributed by atoms with van der Waals surface area (Å²) in [6.07, 6.45) is -11.6. The lowest BCUT2D eigenvalue weighted by Gasteiger charge is -2.10. The van der Waals surface area contributed by atoms with Crippen molar-refractivity contribution in [3.63, 3.8) is 0 Å². The zero-order chi connectivity index (χ0) is 44.1. The fourth-order valence-corrected chi connectivity index (χ4v) is 3.61. The minimum absolute atomic E-state index is 0.471. The first-order valence-electron chi connectivity index (χ1n) is 16.0. The van der Waals surface area contributed by atoms with E-state index in [9.17, 15) is 4.79 Å². The van der Waals surface area contributed by atoms with Gasteiger partial charge in [-0.3, -0.25) is 4.79 Å². The molecule has 1 aromatic carbocycles. The molecule has 0 saturated carbocycles. The van der Waals surface area contributed by atoms with Gasteiger partial charge in [0.15, 0.2) is 0 Å². The lowest BCUT2D eigenvalue weighted by Crippen LogP contribution is -2.31. The van der Waals surface area contributed by atoms with Gasteiger partial charge in [-0.25, -0.2) is 0 Å². The van der Waals surface area contributed by atoms with Gasteiger partial charge in [-0.05, 0) is 12.5 Å². The molecule has 0 fully saturated rings. The van der Waals surface area contributed by atoms with Crippen LogP contribution in [0.4, 0.5) is 0 Å². The highest BCUT2D eigenvalue weighted by atomic mass is 32.2. The van der Waals surface area contributed by atoms with Crippen molar-refractivity contribution < 1.29 is 112 Å². The largest absolute Gasteiger partial charge is 0.480 e. The molecule has 24 heteroatoms. The van der Waals surface area contributed by atoms with E-state index in [1.165, 1.54) is 11.8 Å². The molecule has 55 heavy (non-hydrogen) atoms. The van der Waals surface area contributed by atoms with Crippen LogP contribution in [0.5, 0.6) is 0 Å². The van der Waals surface area contributed by atoms with Crippen molar-refractivity contribution in [2.24, 2.45) is 0 Å². The van der Waals surface area contributed by atoms with Crippen LogP contribution in [0.15, 0.2) is 30.3 Å². The van der Waals surface area contributed by atoms with E-state index in [0.29, 0.717) is 6.42 Å². The summed E-state index contributed by atoms with van der Waals surface area (Å²) in [5.41, 5.74) is 1.12. The Kier molecular flexibility index (Phi) is 47.7. The van der Waals surface area contributed by atoms with Gasteiger partial charge < -0.3 is 107 Å². The Morgan fingerprint density at radius 1 is 0.473 bits per heavy atom. The number of thioether (sulfide) groups is 1. The summed E-state index contributed by atoms with van der Waals surface area (Å²) < 4.78 is 0.719. The molecule has 0 heterocycles. The minimum Gasteiger partial charge on any atom is -0.480 e. The molecule has 22 nitrogen and oxygen atoms in total. The Bertz CT molecular complexity index is 841. The van der Waals surface area contributed by atoms with Gasteiger partial charge in [0.05, 0.1) is 70.3 Å². The van der Waals surface area contributed by atoms with Crippen LogP contribution >= 0.6 is 24.0 Å². The second-order valence-corrected chi connectivity index (χ2v) is 12.8. The zero-order valence-corrected chi connectivity index (χ0v) is 31.8. The second kappa shape index (κ2) is 41.9. The maximum atomic E-state index is 10.6. The van der Waals surface area contributed by atoms with Crippen LogP contribution in [0.3, 0.4) is 0 Å². The first-order valence-corrected chi connectivity index (χ1v) is 17.3. The van der Waals surface area contributed by atoms with E-state index in [1.54, 1.807) is 6.92 Å². The second-order valence-electron chi connectivity index (χ2n) is 10.6. The number of carboxylic acids is 1. The first-order chi connectivity index (χ1) is 25.7. The lowest BCUT2D eigenvalue weighted by molar-refractivity contribution is -0.136. The van der Waals surface area contributed by atoms with Crippen molar-refractivity contribution >= 4 is 34.1 Å². The monoisotopic (exact) mass is 850 g/mol. The van der Waals surface area contributed by atoms with Gasteiger partial charge in [0, 0.05) is 6.42 Å². The summed E-state index contributed by atoms with van der Waals surface area (Å²) >= 11 is 6.37. The Morgan fingerprint density at radius 2 is 0.673 bits per heavy atom. The fourth-order valence-electron chi connectivity index (χ4n) is 2.27. The average Bonchev–Trinajstić information content (AvgIpc) is 3.21. The van der Waals surface area contributed by atoms with Gasteiger partial charge in [0.1, 0.15) is 66.3 Å². The van der Waals surface area contributed by atoms with Gasteiger partial charge in [0.2, 0.25) is 0 Å². The van der Waals surface area contributed by atoms with Crippen LogP contribution in [0.1, 0.15) is 12.5 Å². The molecular weight excluding hydrogens is 788 g/mol. The molecule has 1 aromatic rings. The maximum absolute atomic E-state index is 10.6. The number of rotatable bonds is 19. The number of thiocarbonyl (C=S) groups is 1. The van der Waals surface area contributed by atoms with E-state index in [1.807, 2.05) is 30.3 Å². The van der Waals surface area contributed by atoms with Gasteiger partial charge in [-0.2, -0.15) is 0 Å². The molecule has 0 radical (unpaired) electrons. The van der Waals surface area contributed by atoms with Crippen molar-refractivity contribution in [2.45, 2.75) is 79.6 Å². The van der Waals surface area contributed by atoms with Crippen molar-refractivity contribution in [1.29, 1.82) is 0 Å². The molecule has 1 rings (SSSR count). The summed E-state index contributed by atoms with van der Waals surface area (Å²) in [4.78, 5) is 10.6. The molecule has 330 valence electrons. The van der Waals surface area contributed by atoms with Crippen molar-refractivity contribution in [3.8, 4) is 0 Å². The van der Waals surface area contributed by atoms with Crippen LogP contribution < -0.4 is 0 Å². The maximum Gasteiger partial charge on any atom is 0.316 e. The molecule has 0 aliphatic carbocycles. The summed E-state index contributed by atoms with van der Waals surface area (Å²) in [5, 5.41) is 174. The Balaban J connectivity index is -0.000000187. The quantitative estimate of drug-likeness (QED) is 0.0575. The van der Waals surface area contributed by atoms with E-state index in [4.69, 9.17) is 119 Å². The Labute approximate surface area is 327 Å². The van der Waals surface area contributed by atoms with Crippen LogP contribution in [0, 0.1) is 0 Å². The minimum atomic E-state index is -1.22. The summed E-state index contributed by atoms with van der Waals surface area (Å²) in [6, 6.07) is 9.81. The van der Waals surface area contributed by atoms with Crippen molar-refractivity contribution in [3.05, 3.63) is 35.9 Å². The lowest BCUT2D eigenvalue weighted by atomic mass is 10.2. The first kappa shape index (κ1) is 62.5. The third-order valence-electron chi connectivity index (χ3n) is 5.94. The van der Waals surface area contributed by atoms with Gasteiger partial charge in [-0.15, -0.1) is 11.8 Å². The third kappa shape index (κ3) is 39.0. The predicted molar refractivity (Wildman–Crippen MR) is 198 cm³/mol. The molecule has 0 bridgehead atoms. The number of carbonyl (C=O) groups is 1. The Morgan fingerprint density at radius 3 is 0.836 bits per heavy atom. The molecule has 0 aromatic heterocycles. The molecule has 1 unspecified atom stereocenters. The van der Waals surface area contributed by atoms with Crippen LogP contribution in [0.25, 0.3) is 0 Å². The van der Waals surface area contributed by atoms with E-state index in [0.717, 1.165) is 9.76 Å². The molecule has 21 N–H and O–H groups in total. The number of benzene rings is 1. The number of carboxylic acid groups (broad SMARTS) is 1. The highest BCUT2D eigenvalue weighted by Gasteiger charge is 2.16. The smallest absolute Gasteiger partial charge is 0.316 e. The third-order valence-corrected chi connectivity index (χ3v) is 7.33. The van der Waals surface area contributed by atoms with E-state index < -0.39 is 138 Å². The molecule has 0 saturated heterocycles. The Hall–Kier alpha value is -1.67. The number of aliphatic hydroxyl groups excluding tert-OH is 20. The van der Waals surface area contributed by atoms with E-state index in [-0.39, 0.29) is 0 Å². The average molecular weight is 851 g/mol. The standard InChI is InChI=1S/C11H12O2S2.5C4H10O4/c1-8(11(12)13)15-10(14)7-9-5-3-2-4-6-9;5*5-1-3(7)4(8)2-6/h2-6,8H,7H2,1H3,(H,12,13);5*3-8H,1-2H2/t;5*3-,4+.